The van der Waals surface area contributed by atoms with Gasteiger partial charge in [0.1, 0.15) is 0 Å². The smallest absolute Gasteiger partial charge is 0.168 e. The van der Waals surface area contributed by atoms with Gasteiger partial charge in [0.2, 0.25) is 0 Å². The van der Waals surface area contributed by atoms with Crippen molar-refractivity contribution in [1.29, 1.82) is 0 Å². The summed E-state index contributed by atoms with van der Waals surface area (Å²) in [7, 11) is 0. The summed E-state index contributed by atoms with van der Waals surface area (Å²) in [5.74, 6) is -5.71. The van der Waals surface area contributed by atoms with E-state index in [4.69, 9.17) is 0 Å². The lowest BCUT2D eigenvalue weighted by molar-refractivity contribution is -0.318. The molecule has 0 unspecified atom stereocenters. The Hall–Kier alpha value is -2.80. The standard InChI is InChI=1S/C20H14F12N2/c21-17(22,23)15(18(24,25)26,13-9-5-1-2-6-10-13)33-34-16(19(27,28)29,20(30,31)32)14-11-7-3-4-8-12-14/h1-14H. The van der Waals surface area contributed by atoms with E-state index in [0.29, 0.717) is 24.3 Å². The molecule has 0 aromatic carbocycles. The van der Waals surface area contributed by atoms with Crippen LogP contribution in [0.1, 0.15) is 0 Å². The van der Waals surface area contributed by atoms with Crippen molar-refractivity contribution in [3.05, 3.63) is 72.9 Å². The second kappa shape index (κ2) is 9.10. The van der Waals surface area contributed by atoms with Crippen LogP contribution in [0.5, 0.6) is 0 Å². The molecule has 2 aliphatic rings. The summed E-state index contributed by atoms with van der Waals surface area (Å²) in [6, 6.07) is 0. The van der Waals surface area contributed by atoms with Crippen LogP contribution in [-0.2, 0) is 0 Å². The maximum atomic E-state index is 13.9. The summed E-state index contributed by atoms with van der Waals surface area (Å²) in [6.07, 6.45) is -17.8. The molecule has 0 bridgehead atoms. The lowest BCUT2D eigenvalue weighted by Gasteiger charge is -2.40. The molecule has 2 nitrogen and oxygen atoms in total. The Morgan fingerprint density at radius 2 is 0.559 bits per heavy atom. The van der Waals surface area contributed by atoms with Gasteiger partial charge in [-0.25, -0.2) is 0 Å². The van der Waals surface area contributed by atoms with Crippen molar-refractivity contribution in [2.24, 2.45) is 22.1 Å². The van der Waals surface area contributed by atoms with E-state index in [1.54, 1.807) is 0 Å². The summed E-state index contributed by atoms with van der Waals surface area (Å²) in [6.45, 7) is 0. The van der Waals surface area contributed by atoms with Gasteiger partial charge in [0.25, 0.3) is 11.1 Å². The second-order valence-electron chi connectivity index (χ2n) is 7.08. The molecule has 0 heterocycles. The molecule has 0 aromatic heterocycles. The molecule has 34 heavy (non-hydrogen) atoms. The zero-order valence-corrected chi connectivity index (χ0v) is 16.5. The van der Waals surface area contributed by atoms with Gasteiger partial charge < -0.3 is 0 Å². The third-order valence-electron chi connectivity index (χ3n) is 5.00. The van der Waals surface area contributed by atoms with Crippen molar-refractivity contribution in [3.8, 4) is 0 Å². The van der Waals surface area contributed by atoms with Crippen LogP contribution in [0, 0.1) is 11.8 Å². The minimum atomic E-state index is -6.49. The first-order valence-electron chi connectivity index (χ1n) is 9.16. The summed E-state index contributed by atoms with van der Waals surface area (Å²) in [5.41, 5.74) is -10.9. The van der Waals surface area contributed by atoms with E-state index in [1.165, 1.54) is 0 Å². The van der Waals surface area contributed by atoms with Crippen LogP contribution in [0.15, 0.2) is 83.1 Å². The van der Waals surface area contributed by atoms with Crippen molar-refractivity contribution >= 4 is 0 Å². The predicted molar refractivity (Wildman–Crippen MR) is 96.4 cm³/mol. The molecule has 0 amide bonds. The Labute approximate surface area is 184 Å². The first-order valence-corrected chi connectivity index (χ1v) is 9.16. The molecule has 2 aliphatic carbocycles. The second-order valence-corrected chi connectivity index (χ2v) is 7.08. The molecule has 14 heteroatoms. The first-order chi connectivity index (χ1) is 15.4. The highest BCUT2D eigenvalue weighted by Crippen LogP contribution is 2.56. The zero-order chi connectivity index (χ0) is 26.1. The van der Waals surface area contributed by atoms with Gasteiger partial charge in [-0.1, -0.05) is 72.9 Å². The van der Waals surface area contributed by atoms with Gasteiger partial charge in [-0.2, -0.15) is 62.9 Å². The molecule has 0 N–H and O–H groups in total. The van der Waals surface area contributed by atoms with Gasteiger partial charge in [0.05, 0.1) is 0 Å². The van der Waals surface area contributed by atoms with E-state index < -0.39 is 47.6 Å². The molecule has 0 spiro atoms. The fourth-order valence-electron chi connectivity index (χ4n) is 3.27. The van der Waals surface area contributed by atoms with Crippen LogP contribution in [-0.4, -0.2) is 35.8 Å². The average molecular weight is 510 g/mol. The molecule has 0 saturated carbocycles. The highest BCUT2D eigenvalue weighted by molar-refractivity contribution is 5.29. The Bertz CT molecular complexity index is 801. The number of azo groups is 1. The number of nitrogens with zero attached hydrogens (tertiary/aromatic N) is 2. The molecule has 0 radical (unpaired) electrons. The maximum Gasteiger partial charge on any atom is 0.425 e. The topological polar surface area (TPSA) is 24.7 Å². The maximum absolute atomic E-state index is 13.9. The number of hydrogen-bond acceptors (Lipinski definition) is 2. The SMILES string of the molecule is FC(F)(F)C(N=NC(C1C=CC=CC=C1)(C(F)(F)F)C(F)(F)F)(C1C=CC=CC=C1)C(F)(F)F. The van der Waals surface area contributed by atoms with E-state index in [1.807, 2.05) is 10.2 Å². The third-order valence-corrected chi connectivity index (χ3v) is 5.00. The van der Waals surface area contributed by atoms with Gasteiger partial charge in [-0.15, -0.1) is 0 Å². The third kappa shape index (κ3) is 4.71. The molecule has 0 fully saturated rings. The van der Waals surface area contributed by atoms with Gasteiger partial charge >= 0.3 is 24.7 Å². The van der Waals surface area contributed by atoms with Crippen molar-refractivity contribution in [1.82, 2.24) is 0 Å². The van der Waals surface area contributed by atoms with Gasteiger partial charge in [0.15, 0.2) is 0 Å². The number of allylic oxidation sites excluding steroid dienone is 8. The monoisotopic (exact) mass is 510 g/mol. The lowest BCUT2D eigenvalue weighted by atomic mass is 9.81. The largest absolute Gasteiger partial charge is 0.425 e. The molecule has 2 rings (SSSR count). The van der Waals surface area contributed by atoms with Crippen LogP contribution in [0.2, 0.25) is 0 Å². The van der Waals surface area contributed by atoms with Crippen LogP contribution in [0.25, 0.3) is 0 Å². The first kappa shape index (κ1) is 27.4. The highest BCUT2D eigenvalue weighted by atomic mass is 19.4. The lowest BCUT2D eigenvalue weighted by Crippen LogP contribution is -2.62. The van der Waals surface area contributed by atoms with Crippen LogP contribution in [0.3, 0.4) is 0 Å². The summed E-state index contributed by atoms with van der Waals surface area (Å²) in [4.78, 5) is 0. The van der Waals surface area contributed by atoms with Crippen LogP contribution < -0.4 is 0 Å². The number of rotatable bonds is 4. The normalized spacial score (nSPS) is 19.3. The van der Waals surface area contributed by atoms with Crippen molar-refractivity contribution in [3.63, 3.8) is 0 Å². The quantitative estimate of drug-likeness (QED) is 0.273. The number of hydrogen-bond donors (Lipinski definition) is 0. The molecule has 188 valence electrons. The Kier molecular flexibility index (Phi) is 7.34. The Morgan fingerprint density at radius 1 is 0.353 bits per heavy atom. The van der Waals surface area contributed by atoms with E-state index in [2.05, 4.69) is 0 Å². The molecular weight excluding hydrogens is 496 g/mol. The molecule has 0 aliphatic heterocycles. The molecule has 0 saturated heterocycles. The summed E-state index contributed by atoms with van der Waals surface area (Å²) in [5, 5.41) is 3.78. The Morgan fingerprint density at radius 3 is 0.735 bits per heavy atom. The van der Waals surface area contributed by atoms with Crippen molar-refractivity contribution < 1.29 is 52.7 Å². The highest BCUT2D eigenvalue weighted by Gasteiger charge is 2.78. The van der Waals surface area contributed by atoms with E-state index in [-0.39, 0.29) is 0 Å². The van der Waals surface area contributed by atoms with Gasteiger partial charge in [-0.3, -0.25) is 0 Å². The minimum absolute atomic E-state index is 0.304. The average Bonchev–Trinajstić information content (AvgIpc) is 3.06. The van der Waals surface area contributed by atoms with Crippen LogP contribution in [0.4, 0.5) is 52.7 Å². The fraction of sp³-hybridized carbons (Fsp3) is 0.400. The summed E-state index contributed by atoms with van der Waals surface area (Å²) >= 11 is 0. The Balaban J connectivity index is 2.93. The van der Waals surface area contributed by atoms with Gasteiger partial charge in [-0.05, 0) is 0 Å². The minimum Gasteiger partial charge on any atom is -0.168 e. The number of halogens is 12. The van der Waals surface area contributed by atoms with Crippen LogP contribution >= 0.6 is 0 Å². The van der Waals surface area contributed by atoms with E-state index >= 15 is 0 Å². The summed E-state index contributed by atoms with van der Waals surface area (Å²) < 4.78 is 167. The molecule has 0 aromatic rings. The van der Waals surface area contributed by atoms with E-state index in [0.717, 1.165) is 48.6 Å². The van der Waals surface area contributed by atoms with Gasteiger partial charge in [0, 0.05) is 11.8 Å². The van der Waals surface area contributed by atoms with Crippen molar-refractivity contribution in [2.75, 3.05) is 0 Å². The van der Waals surface area contributed by atoms with Crippen molar-refractivity contribution in [2.45, 2.75) is 35.8 Å². The zero-order valence-electron chi connectivity index (χ0n) is 16.5. The fourth-order valence-corrected chi connectivity index (χ4v) is 3.27. The molecular formula is C20H14F12N2. The number of alkyl halides is 12. The molecule has 0 atom stereocenters. The predicted octanol–water partition coefficient (Wildman–Crippen LogP) is 7.76. The van der Waals surface area contributed by atoms with E-state index in [9.17, 15) is 52.7 Å².